The Kier molecular flexibility index (Phi) is 6.04. The summed E-state index contributed by atoms with van der Waals surface area (Å²) in [5.41, 5.74) is 0.429. The monoisotopic (exact) mass is 395 g/mol. The molecule has 7 heteroatoms. The molecule has 1 aromatic rings. The third kappa shape index (κ3) is 4.22. The van der Waals surface area contributed by atoms with Crippen LogP contribution in [0.25, 0.3) is 0 Å². The van der Waals surface area contributed by atoms with Crippen molar-refractivity contribution in [3.63, 3.8) is 0 Å². The van der Waals surface area contributed by atoms with Crippen molar-refractivity contribution in [2.45, 2.75) is 19.4 Å². The molecule has 18 heavy (non-hydrogen) atoms. The average Bonchev–Trinajstić information content (AvgIpc) is 2.63. The smallest absolute Gasteiger partial charge is 0.326 e. The Morgan fingerprint density at radius 2 is 2.22 bits per heavy atom. The standard InChI is InChI=1S/C11H11Br2NO3S/c1-2-3-4-7(11(16)17)14-10(15)6-5-8(12)18-9(6)13/h2-3,5,7H,4H2,1H3,(H,14,15)(H,16,17)/b3-2+. The van der Waals surface area contributed by atoms with Crippen molar-refractivity contribution in [3.8, 4) is 0 Å². The molecule has 0 spiro atoms. The molecule has 0 aliphatic rings. The highest BCUT2D eigenvalue weighted by molar-refractivity contribution is 9.12. The molecule has 1 heterocycles. The first-order chi connectivity index (χ1) is 8.45. The number of aliphatic carboxylic acids is 1. The van der Waals surface area contributed by atoms with Gasteiger partial charge in [-0.05, 0) is 51.3 Å². The lowest BCUT2D eigenvalue weighted by atomic mass is 10.2. The third-order valence-corrected chi connectivity index (χ3v) is 4.45. The second-order valence-electron chi connectivity index (χ2n) is 3.41. The fourth-order valence-corrected chi connectivity index (χ4v) is 4.02. The Morgan fingerprint density at radius 1 is 1.56 bits per heavy atom. The normalized spacial score (nSPS) is 12.6. The first kappa shape index (κ1) is 15.4. The Morgan fingerprint density at radius 3 is 2.67 bits per heavy atom. The number of thiophene rings is 1. The molecule has 98 valence electrons. The zero-order valence-electron chi connectivity index (χ0n) is 9.44. The Balaban J connectivity index is 2.78. The number of hydrogen-bond acceptors (Lipinski definition) is 3. The van der Waals surface area contributed by atoms with Gasteiger partial charge in [-0.15, -0.1) is 11.3 Å². The molecule has 0 saturated heterocycles. The van der Waals surface area contributed by atoms with Gasteiger partial charge in [0.05, 0.1) is 13.1 Å². The summed E-state index contributed by atoms with van der Waals surface area (Å²) in [5, 5.41) is 11.5. The van der Waals surface area contributed by atoms with E-state index in [1.54, 1.807) is 25.1 Å². The van der Waals surface area contributed by atoms with Crippen LogP contribution in [0.15, 0.2) is 25.8 Å². The molecule has 1 rings (SSSR count). The molecule has 0 bridgehead atoms. The van der Waals surface area contributed by atoms with Crippen LogP contribution in [0.2, 0.25) is 0 Å². The van der Waals surface area contributed by atoms with Gasteiger partial charge >= 0.3 is 5.97 Å². The minimum atomic E-state index is -1.05. The minimum Gasteiger partial charge on any atom is -0.480 e. The molecular weight excluding hydrogens is 386 g/mol. The van der Waals surface area contributed by atoms with Crippen molar-refractivity contribution in [1.82, 2.24) is 5.32 Å². The molecule has 0 aliphatic carbocycles. The number of carbonyl (C=O) groups excluding carboxylic acids is 1. The first-order valence-electron chi connectivity index (χ1n) is 5.05. The van der Waals surface area contributed by atoms with Gasteiger partial charge in [-0.1, -0.05) is 12.2 Å². The summed E-state index contributed by atoms with van der Waals surface area (Å²) in [6.45, 7) is 1.80. The maximum absolute atomic E-state index is 11.9. The summed E-state index contributed by atoms with van der Waals surface area (Å²) in [6, 6.07) is 0.734. The lowest BCUT2D eigenvalue weighted by Gasteiger charge is -2.12. The van der Waals surface area contributed by atoms with Gasteiger partial charge in [0.2, 0.25) is 0 Å². The maximum Gasteiger partial charge on any atom is 0.326 e. The van der Waals surface area contributed by atoms with Gasteiger partial charge in [-0.25, -0.2) is 4.79 Å². The highest BCUT2D eigenvalue weighted by Gasteiger charge is 2.21. The first-order valence-corrected chi connectivity index (χ1v) is 7.45. The van der Waals surface area contributed by atoms with Crippen molar-refractivity contribution in [2.75, 3.05) is 0 Å². The van der Waals surface area contributed by atoms with Gasteiger partial charge in [0, 0.05) is 0 Å². The van der Waals surface area contributed by atoms with Gasteiger partial charge < -0.3 is 10.4 Å². The second-order valence-corrected chi connectivity index (χ2v) is 7.16. The van der Waals surface area contributed by atoms with Crippen LogP contribution >= 0.6 is 43.2 Å². The number of amides is 1. The van der Waals surface area contributed by atoms with Gasteiger partial charge in [-0.3, -0.25) is 4.79 Å². The van der Waals surface area contributed by atoms with Gasteiger partial charge in [0.15, 0.2) is 0 Å². The number of halogens is 2. The summed E-state index contributed by atoms with van der Waals surface area (Å²) < 4.78 is 1.47. The van der Waals surface area contributed by atoms with E-state index in [1.807, 2.05) is 0 Å². The van der Waals surface area contributed by atoms with E-state index in [4.69, 9.17) is 5.11 Å². The zero-order chi connectivity index (χ0) is 13.7. The number of nitrogens with one attached hydrogen (secondary N) is 1. The summed E-state index contributed by atoms with van der Waals surface area (Å²) >= 11 is 7.89. The van der Waals surface area contributed by atoms with Gasteiger partial charge in [-0.2, -0.15) is 0 Å². The van der Waals surface area contributed by atoms with E-state index in [0.717, 1.165) is 3.79 Å². The predicted molar refractivity (Wildman–Crippen MR) is 78.0 cm³/mol. The van der Waals surface area contributed by atoms with Gasteiger partial charge in [0.1, 0.15) is 6.04 Å². The number of allylic oxidation sites excluding steroid dienone is 1. The van der Waals surface area contributed by atoms with Crippen molar-refractivity contribution in [2.24, 2.45) is 0 Å². The zero-order valence-corrected chi connectivity index (χ0v) is 13.4. The lowest BCUT2D eigenvalue weighted by molar-refractivity contribution is -0.139. The molecule has 2 N–H and O–H groups in total. The molecule has 0 saturated carbocycles. The Labute approximate surface area is 125 Å². The van der Waals surface area contributed by atoms with Crippen LogP contribution in [-0.4, -0.2) is 23.0 Å². The summed E-state index contributed by atoms with van der Waals surface area (Å²) in [4.78, 5) is 22.9. The maximum atomic E-state index is 11.9. The number of rotatable bonds is 5. The molecule has 1 amide bonds. The van der Waals surface area contributed by atoms with E-state index in [1.165, 1.54) is 11.3 Å². The summed E-state index contributed by atoms with van der Waals surface area (Å²) in [7, 11) is 0. The quantitative estimate of drug-likeness (QED) is 0.749. The van der Waals surface area contributed by atoms with Crippen LogP contribution in [0, 0.1) is 0 Å². The SMILES string of the molecule is C/C=C/CC(NC(=O)c1cc(Br)sc1Br)C(=O)O. The van der Waals surface area contributed by atoms with Gasteiger partial charge in [0.25, 0.3) is 5.91 Å². The van der Waals surface area contributed by atoms with Crippen molar-refractivity contribution < 1.29 is 14.7 Å². The van der Waals surface area contributed by atoms with E-state index in [9.17, 15) is 9.59 Å². The fourth-order valence-electron chi connectivity index (χ4n) is 1.22. The van der Waals surface area contributed by atoms with Crippen LogP contribution in [0.4, 0.5) is 0 Å². The highest BCUT2D eigenvalue weighted by Crippen LogP contribution is 2.31. The molecule has 1 unspecified atom stereocenters. The van der Waals surface area contributed by atoms with Crippen molar-refractivity contribution >= 4 is 55.1 Å². The van der Waals surface area contributed by atoms with E-state index < -0.39 is 17.9 Å². The van der Waals surface area contributed by atoms with Crippen LogP contribution in [0.5, 0.6) is 0 Å². The largest absolute Gasteiger partial charge is 0.480 e. The van der Waals surface area contributed by atoms with E-state index in [0.29, 0.717) is 9.35 Å². The van der Waals surface area contributed by atoms with Crippen LogP contribution in [0.1, 0.15) is 23.7 Å². The highest BCUT2D eigenvalue weighted by atomic mass is 79.9. The molecule has 0 aliphatic heterocycles. The van der Waals surface area contributed by atoms with E-state index in [2.05, 4.69) is 37.2 Å². The third-order valence-electron chi connectivity index (χ3n) is 2.11. The number of hydrogen-bond donors (Lipinski definition) is 2. The Bertz CT molecular complexity index is 485. The molecule has 1 atom stereocenters. The summed E-state index contributed by atoms with van der Waals surface area (Å²) in [5.74, 6) is -1.45. The molecule has 1 aromatic heterocycles. The predicted octanol–water partition coefficient (Wildman–Crippen LogP) is 3.42. The lowest BCUT2D eigenvalue weighted by Crippen LogP contribution is -2.40. The molecule has 0 aromatic carbocycles. The van der Waals surface area contributed by atoms with E-state index >= 15 is 0 Å². The molecule has 0 fully saturated rings. The minimum absolute atomic E-state index is 0.264. The topological polar surface area (TPSA) is 66.4 Å². The fraction of sp³-hybridized carbons (Fsp3) is 0.273. The van der Waals surface area contributed by atoms with Crippen molar-refractivity contribution in [3.05, 3.63) is 31.4 Å². The van der Waals surface area contributed by atoms with Crippen LogP contribution < -0.4 is 5.32 Å². The summed E-state index contributed by atoms with van der Waals surface area (Å²) in [6.07, 6.45) is 3.72. The molecule has 0 radical (unpaired) electrons. The number of carboxylic acid groups (broad SMARTS) is 1. The van der Waals surface area contributed by atoms with Crippen LogP contribution in [0.3, 0.4) is 0 Å². The number of carboxylic acids is 1. The van der Waals surface area contributed by atoms with Crippen molar-refractivity contribution in [1.29, 1.82) is 0 Å². The Hall–Kier alpha value is -0.660. The molecule has 4 nitrogen and oxygen atoms in total. The number of carbonyl (C=O) groups is 2. The van der Waals surface area contributed by atoms with Crippen LogP contribution in [-0.2, 0) is 4.79 Å². The van der Waals surface area contributed by atoms with E-state index in [-0.39, 0.29) is 6.42 Å². The second kappa shape index (κ2) is 7.06. The average molecular weight is 397 g/mol. The molecular formula is C11H11Br2NO3S.